The number of rotatable bonds is 24. The third kappa shape index (κ3) is 10.6. The van der Waals surface area contributed by atoms with E-state index in [0.717, 1.165) is 18.2 Å². The molecular weight excluding hydrogens is 1240 g/mol. The van der Waals surface area contributed by atoms with Crippen LogP contribution in [0, 0.1) is 0 Å². The first-order valence-corrected chi connectivity index (χ1v) is 25.9. The minimum absolute atomic E-state index is 0.598. The van der Waals surface area contributed by atoms with Crippen LogP contribution in [0.5, 0.6) is 0 Å². The van der Waals surface area contributed by atoms with Crippen LogP contribution in [-0.4, -0.2) is 126 Å². The van der Waals surface area contributed by atoms with Gasteiger partial charge >= 0.3 is 376 Å². The Labute approximate surface area is 376 Å². The normalized spacial score (nSPS) is 16.4. The quantitative estimate of drug-likeness (QED) is 0.0715. The third-order valence-electron chi connectivity index (χ3n) is 10.7. The SMILES string of the molecule is FC(F)(F)C(F)(F)C(F)(F)C(F)(F)C(F)(F)C(F)(F)C[CH2][Sn]([CH2]Cc1ccccc1)([CH2]CC(F)(F)C(F)(F)C(F)(F)C(F)(F)C(F)(F)C(F)(F)F)[CH2]CC(F)(F)C(F)(F)C(F)(F)C(F)(F)C(F)(F)C(F)(F)F. The van der Waals surface area contributed by atoms with Crippen LogP contribution in [-0.2, 0) is 6.42 Å². The van der Waals surface area contributed by atoms with Crippen molar-refractivity contribution in [2.75, 3.05) is 0 Å². The zero-order valence-electron chi connectivity index (χ0n) is 33.3. The molecule has 0 radical (unpaired) electrons. The summed E-state index contributed by atoms with van der Waals surface area (Å²) >= 11 is -7.91. The van der Waals surface area contributed by atoms with Crippen molar-refractivity contribution in [3.05, 3.63) is 35.9 Å². The van der Waals surface area contributed by atoms with E-state index in [9.17, 15) is 145 Å². The van der Waals surface area contributed by atoms with E-state index in [1.165, 1.54) is 0 Å². The van der Waals surface area contributed by atoms with Crippen LogP contribution in [0.2, 0.25) is 17.7 Å². The fourth-order valence-electron chi connectivity index (χ4n) is 5.95. The summed E-state index contributed by atoms with van der Waals surface area (Å²) in [6.45, 7) is 0. The van der Waals surface area contributed by atoms with Gasteiger partial charge in [0.15, 0.2) is 0 Å². The molecule has 0 aliphatic rings. The molecular formula is C32H21F39Sn. The molecule has 0 amide bonds. The molecule has 0 heterocycles. The average molecular weight is 1270 g/mol. The first kappa shape index (κ1) is 67.3. The summed E-state index contributed by atoms with van der Waals surface area (Å²) in [6, 6.07) is 3.61. The van der Waals surface area contributed by atoms with Crippen molar-refractivity contribution in [1.82, 2.24) is 0 Å². The second kappa shape index (κ2) is 19.1. The van der Waals surface area contributed by atoms with Crippen LogP contribution in [0.25, 0.3) is 0 Å². The van der Waals surface area contributed by atoms with Gasteiger partial charge in [0, 0.05) is 0 Å². The van der Waals surface area contributed by atoms with Gasteiger partial charge in [-0.25, -0.2) is 0 Å². The number of benzene rings is 1. The molecule has 0 unspecified atom stereocenters. The van der Waals surface area contributed by atoms with Crippen LogP contribution in [0.15, 0.2) is 30.3 Å². The van der Waals surface area contributed by atoms with E-state index in [2.05, 4.69) is 0 Å². The standard InChI is InChI=1S/3C8H4F13.C8H9.Sn/c3*1-2-3(9,10)4(11,12)5(13,14)6(15,16)7(17,18)8(19,20)21;1-2-8-6-4-3-5-7-8;/h3*1-2H2;3-7H,1-2H2;. The van der Waals surface area contributed by atoms with E-state index in [1.807, 2.05) is 0 Å². The Morgan fingerprint density at radius 3 is 0.625 bits per heavy atom. The number of alkyl halides is 39. The number of hydrogen-bond acceptors (Lipinski definition) is 0. The molecule has 1 aromatic rings. The Morgan fingerprint density at radius 1 is 0.236 bits per heavy atom. The summed E-state index contributed by atoms with van der Waals surface area (Å²) in [4.78, 5) is 0. The van der Waals surface area contributed by atoms with Crippen LogP contribution < -0.4 is 0 Å². The maximum atomic E-state index is 15.0. The van der Waals surface area contributed by atoms with Crippen molar-refractivity contribution in [1.29, 1.82) is 0 Å². The fraction of sp³-hybridized carbons (Fsp3) is 0.812. The van der Waals surface area contributed by atoms with Crippen LogP contribution in [0.1, 0.15) is 24.8 Å². The molecule has 0 nitrogen and oxygen atoms in total. The predicted octanol–water partition coefficient (Wildman–Crippen LogP) is 17.1. The van der Waals surface area contributed by atoms with Crippen molar-refractivity contribution < 1.29 is 171 Å². The van der Waals surface area contributed by atoms with Crippen molar-refractivity contribution >= 4 is 18.4 Å². The molecule has 0 aliphatic heterocycles. The van der Waals surface area contributed by atoms with Gasteiger partial charge in [-0.3, -0.25) is 0 Å². The molecule has 40 heteroatoms. The van der Waals surface area contributed by atoms with Crippen molar-refractivity contribution in [3.8, 4) is 0 Å². The Bertz CT molecular complexity index is 1780. The zero-order chi connectivity index (χ0) is 58.3. The summed E-state index contributed by atoms with van der Waals surface area (Å²) in [5.41, 5.74) is -0.688. The van der Waals surface area contributed by atoms with Crippen molar-refractivity contribution in [2.24, 2.45) is 0 Å². The van der Waals surface area contributed by atoms with Crippen molar-refractivity contribution in [2.45, 2.75) is 151 Å². The molecule has 0 aliphatic carbocycles. The van der Waals surface area contributed by atoms with E-state index < -0.39 is 175 Å². The molecule has 0 N–H and O–H groups in total. The molecule has 0 spiro atoms. The van der Waals surface area contributed by atoms with E-state index >= 15 is 26.3 Å². The molecule has 0 bridgehead atoms. The van der Waals surface area contributed by atoms with Crippen LogP contribution in [0.3, 0.4) is 0 Å². The van der Waals surface area contributed by atoms with E-state index in [1.54, 1.807) is 0 Å². The number of aryl methyl sites for hydroxylation is 1. The predicted molar refractivity (Wildman–Crippen MR) is 161 cm³/mol. The molecule has 0 saturated heterocycles. The van der Waals surface area contributed by atoms with Gasteiger partial charge in [0.1, 0.15) is 0 Å². The second-order valence-corrected chi connectivity index (χ2v) is 29.8. The van der Waals surface area contributed by atoms with Crippen molar-refractivity contribution in [3.63, 3.8) is 0 Å². The molecule has 0 fully saturated rings. The van der Waals surface area contributed by atoms with Gasteiger partial charge in [-0.1, -0.05) is 0 Å². The summed E-state index contributed by atoms with van der Waals surface area (Å²) in [7, 11) is 0. The third-order valence-corrected chi connectivity index (χ3v) is 25.7. The Balaban J connectivity index is 4.38. The van der Waals surface area contributed by atoms with Gasteiger partial charge in [0.2, 0.25) is 0 Å². The molecule has 0 saturated carbocycles. The van der Waals surface area contributed by atoms with Crippen LogP contribution >= 0.6 is 0 Å². The van der Waals surface area contributed by atoms with Gasteiger partial charge in [0.05, 0.1) is 0 Å². The molecule has 1 aromatic carbocycles. The second-order valence-electron chi connectivity index (χ2n) is 15.5. The maximum absolute atomic E-state index is 15.0. The summed E-state index contributed by atoms with van der Waals surface area (Å²) < 4.78 is 528. The van der Waals surface area contributed by atoms with E-state index in [4.69, 9.17) is 0 Å². The van der Waals surface area contributed by atoms with Gasteiger partial charge in [-0.2, -0.15) is 0 Å². The van der Waals surface area contributed by atoms with E-state index in [-0.39, 0.29) is 0 Å². The van der Waals surface area contributed by atoms with Gasteiger partial charge in [-0.15, -0.1) is 0 Å². The first-order chi connectivity index (χ1) is 30.9. The summed E-state index contributed by atoms with van der Waals surface area (Å²) in [6.07, 6.45) is -37.8. The Morgan fingerprint density at radius 2 is 0.431 bits per heavy atom. The van der Waals surface area contributed by atoms with Gasteiger partial charge < -0.3 is 0 Å². The average Bonchev–Trinajstić information content (AvgIpc) is 3.18. The number of halogens is 39. The van der Waals surface area contributed by atoms with E-state index in [0.29, 0.717) is 12.1 Å². The summed E-state index contributed by atoms with van der Waals surface area (Å²) in [5, 5.41) is 0. The fourth-order valence-corrected chi connectivity index (χ4v) is 19.8. The first-order valence-electron chi connectivity index (χ1n) is 17.9. The molecule has 72 heavy (non-hydrogen) atoms. The molecule has 426 valence electrons. The van der Waals surface area contributed by atoms with Gasteiger partial charge in [0.25, 0.3) is 0 Å². The summed E-state index contributed by atoms with van der Waals surface area (Å²) in [5.74, 6) is -127. The molecule has 1 rings (SSSR count). The minimum atomic E-state index is -8.85. The Kier molecular flexibility index (Phi) is 17.8. The topological polar surface area (TPSA) is 0 Å². The Hall–Kier alpha value is -2.71. The van der Waals surface area contributed by atoms with Crippen LogP contribution in [0.4, 0.5) is 171 Å². The molecule has 0 aromatic heterocycles. The molecule has 0 atom stereocenters. The number of hydrogen-bond donors (Lipinski definition) is 0. The van der Waals surface area contributed by atoms with Gasteiger partial charge in [-0.05, 0) is 0 Å². The monoisotopic (exact) mass is 1270 g/mol. The zero-order valence-corrected chi connectivity index (χ0v) is 36.1.